The summed E-state index contributed by atoms with van der Waals surface area (Å²) in [6, 6.07) is 0. The van der Waals surface area contributed by atoms with Gasteiger partial charge in [-0.05, 0) is 30.2 Å². The number of hydrogen-bond donors (Lipinski definition) is 1. The minimum atomic E-state index is 0.955. The summed E-state index contributed by atoms with van der Waals surface area (Å²) in [5.41, 5.74) is 4.04. The lowest BCUT2D eigenvalue weighted by Gasteiger charge is -2.10. The fourth-order valence-electron chi connectivity index (χ4n) is 1.48. The summed E-state index contributed by atoms with van der Waals surface area (Å²) in [6.45, 7) is 13.4. The second-order valence-electron chi connectivity index (χ2n) is 3.31. The van der Waals surface area contributed by atoms with Gasteiger partial charge in [-0.1, -0.05) is 50.1 Å². The molecule has 82 valence electrons. The van der Waals surface area contributed by atoms with Gasteiger partial charge in [-0.25, -0.2) is 0 Å². The molecule has 1 N–H and O–H groups in total. The average Bonchev–Trinajstić information content (AvgIpc) is 2.48. The van der Waals surface area contributed by atoms with Crippen molar-refractivity contribution in [3.05, 3.63) is 84.8 Å². The van der Waals surface area contributed by atoms with E-state index in [9.17, 15) is 0 Å². The van der Waals surface area contributed by atoms with E-state index in [4.69, 9.17) is 0 Å². The summed E-state index contributed by atoms with van der Waals surface area (Å²) in [4.78, 5) is 0. The fourth-order valence-corrected chi connectivity index (χ4v) is 1.48. The second kappa shape index (κ2) is 5.76. The number of nitrogens with one attached hydrogen (secondary N) is 1. The summed E-state index contributed by atoms with van der Waals surface area (Å²) in [7, 11) is 0. The van der Waals surface area contributed by atoms with Gasteiger partial charge in [0.2, 0.25) is 0 Å². The number of rotatable bonds is 4. The van der Waals surface area contributed by atoms with Gasteiger partial charge in [-0.2, -0.15) is 0 Å². The third kappa shape index (κ3) is 2.51. The summed E-state index contributed by atoms with van der Waals surface area (Å²) >= 11 is 0. The van der Waals surface area contributed by atoms with Gasteiger partial charge < -0.3 is 5.32 Å². The largest absolute Gasteiger partial charge is 0.355 e. The van der Waals surface area contributed by atoms with Crippen molar-refractivity contribution in [2.75, 3.05) is 0 Å². The molecule has 0 fully saturated rings. The number of hydrogen-bond acceptors (Lipinski definition) is 1. The van der Waals surface area contributed by atoms with Crippen LogP contribution in [0, 0.1) is 0 Å². The highest BCUT2D eigenvalue weighted by atomic mass is 14.9. The molecule has 0 aromatic rings. The van der Waals surface area contributed by atoms with Crippen LogP contribution in [0.3, 0.4) is 0 Å². The highest BCUT2D eigenvalue weighted by Gasteiger charge is 2.06. The first-order chi connectivity index (χ1) is 7.76. The smallest absolute Gasteiger partial charge is 0.0454 e. The predicted octanol–water partition coefficient (Wildman–Crippen LogP) is 3.79. The molecule has 1 aliphatic heterocycles. The Morgan fingerprint density at radius 2 is 1.50 bits per heavy atom. The first kappa shape index (κ1) is 12.1. The lowest BCUT2D eigenvalue weighted by molar-refractivity contribution is 1.03. The molecule has 0 aromatic carbocycles. The zero-order valence-corrected chi connectivity index (χ0v) is 9.66. The van der Waals surface area contributed by atoms with Crippen molar-refractivity contribution in [1.29, 1.82) is 0 Å². The van der Waals surface area contributed by atoms with Crippen LogP contribution in [-0.2, 0) is 0 Å². The van der Waals surface area contributed by atoms with Crippen molar-refractivity contribution >= 4 is 0 Å². The van der Waals surface area contributed by atoms with Gasteiger partial charge in [-0.3, -0.25) is 0 Å². The maximum absolute atomic E-state index is 3.81. The first-order valence-electron chi connectivity index (χ1n) is 5.20. The highest BCUT2D eigenvalue weighted by Crippen LogP contribution is 2.18. The van der Waals surface area contributed by atoms with Crippen molar-refractivity contribution in [2.45, 2.75) is 6.92 Å². The minimum absolute atomic E-state index is 0.955. The van der Waals surface area contributed by atoms with Crippen molar-refractivity contribution in [3.63, 3.8) is 0 Å². The SMILES string of the molecule is C=CC1=C(C=C)NC(/C=C\C)=C(C=C)C=C1. The summed E-state index contributed by atoms with van der Waals surface area (Å²) in [5.74, 6) is 0. The molecule has 1 rings (SSSR count). The van der Waals surface area contributed by atoms with Gasteiger partial charge in [-0.15, -0.1) is 0 Å². The molecule has 0 saturated carbocycles. The van der Waals surface area contributed by atoms with E-state index in [1.807, 2.05) is 37.3 Å². The molecule has 16 heavy (non-hydrogen) atoms. The maximum atomic E-state index is 3.81. The van der Waals surface area contributed by atoms with E-state index in [0.29, 0.717) is 0 Å². The van der Waals surface area contributed by atoms with Gasteiger partial charge in [0.25, 0.3) is 0 Å². The van der Waals surface area contributed by atoms with Crippen LogP contribution in [-0.4, -0.2) is 0 Å². The summed E-state index contributed by atoms with van der Waals surface area (Å²) in [5, 5.41) is 3.32. The van der Waals surface area contributed by atoms with E-state index in [2.05, 4.69) is 25.1 Å². The highest BCUT2D eigenvalue weighted by molar-refractivity contribution is 5.51. The van der Waals surface area contributed by atoms with E-state index in [1.165, 1.54) is 0 Å². The first-order valence-corrected chi connectivity index (χ1v) is 5.20. The van der Waals surface area contributed by atoms with Crippen molar-refractivity contribution in [1.82, 2.24) is 5.32 Å². The van der Waals surface area contributed by atoms with Gasteiger partial charge in [0, 0.05) is 11.4 Å². The standard InChI is InChI=1S/C15H17N/c1-5-9-15-13(7-3)11-10-12(6-2)14(8-4)16-15/h5-11,16H,2-4H2,1H3/b9-5-. The van der Waals surface area contributed by atoms with Crippen LogP contribution in [0.15, 0.2) is 84.8 Å². The Kier molecular flexibility index (Phi) is 4.34. The Bertz CT molecular complexity index is 428. The quantitative estimate of drug-likeness (QED) is 0.746. The predicted molar refractivity (Wildman–Crippen MR) is 71.7 cm³/mol. The van der Waals surface area contributed by atoms with Crippen LogP contribution in [0.4, 0.5) is 0 Å². The van der Waals surface area contributed by atoms with Crippen LogP contribution < -0.4 is 5.32 Å². The molecule has 0 spiro atoms. The average molecular weight is 211 g/mol. The molecule has 0 saturated heterocycles. The Hall–Kier alpha value is -2.02. The van der Waals surface area contributed by atoms with E-state index in [-0.39, 0.29) is 0 Å². The van der Waals surface area contributed by atoms with E-state index < -0.39 is 0 Å². The molecule has 0 aliphatic carbocycles. The third-order valence-electron chi connectivity index (χ3n) is 2.31. The Morgan fingerprint density at radius 3 is 1.94 bits per heavy atom. The topological polar surface area (TPSA) is 12.0 Å². The van der Waals surface area contributed by atoms with E-state index in [1.54, 1.807) is 12.2 Å². The molecule has 1 heteroatoms. The van der Waals surface area contributed by atoms with Crippen molar-refractivity contribution in [3.8, 4) is 0 Å². The molecular formula is C15H17N. The Labute approximate surface area is 97.6 Å². The van der Waals surface area contributed by atoms with Crippen LogP contribution in [0.25, 0.3) is 0 Å². The zero-order chi connectivity index (χ0) is 12.0. The monoisotopic (exact) mass is 211 g/mol. The Morgan fingerprint density at radius 1 is 0.938 bits per heavy atom. The van der Waals surface area contributed by atoms with Crippen molar-refractivity contribution in [2.24, 2.45) is 0 Å². The molecule has 0 radical (unpaired) electrons. The second-order valence-corrected chi connectivity index (χ2v) is 3.31. The molecule has 0 unspecified atom stereocenters. The van der Waals surface area contributed by atoms with Gasteiger partial charge in [0.05, 0.1) is 0 Å². The minimum Gasteiger partial charge on any atom is -0.355 e. The summed E-state index contributed by atoms with van der Waals surface area (Å²) < 4.78 is 0. The molecule has 0 bridgehead atoms. The molecule has 0 atom stereocenters. The van der Waals surface area contributed by atoms with Gasteiger partial charge >= 0.3 is 0 Å². The van der Waals surface area contributed by atoms with Crippen LogP contribution in [0.5, 0.6) is 0 Å². The van der Waals surface area contributed by atoms with E-state index in [0.717, 1.165) is 22.5 Å². The molecular weight excluding hydrogens is 194 g/mol. The lowest BCUT2D eigenvalue weighted by atomic mass is 10.1. The Balaban J connectivity index is 3.27. The summed E-state index contributed by atoms with van der Waals surface area (Å²) in [6.07, 6.45) is 13.4. The lowest BCUT2D eigenvalue weighted by Crippen LogP contribution is -2.11. The van der Waals surface area contributed by atoms with Gasteiger partial charge in [0.15, 0.2) is 0 Å². The van der Waals surface area contributed by atoms with Crippen LogP contribution >= 0.6 is 0 Å². The molecule has 1 heterocycles. The van der Waals surface area contributed by atoms with Crippen LogP contribution in [0.2, 0.25) is 0 Å². The van der Waals surface area contributed by atoms with Crippen molar-refractivity contribution < 1.29 is 0 Å². The fraction of sp³-hybridized carbons (Fsp3) is 0.0667. The number of allylic oxidation sites excluding steroid dienone is 9. The van der Waals surface area contributed by atoms with Crippen LogP contribution in [0.1, 0.15) is 6.92 Å². The molecule has 0 amide bonds. The van der Waals surface area contributed by atoms with Gasteiger partial charge in [0.1, 0.15) is 0 Å². The normalized spacial score (nSPS) is 16.1. The molecule has 1 nitrogen and oxygen atoms in total. The van der Waals surface area contributed by atoms with E-state index >= 15 is 0 Å². The molecule has 0 aromatic heterocycles. The third-order valence-corrected chi connectivity index (χ3v) is 2.31. The maximum Gasteiger partial charge on any atom is 0.0454 e. The molecule has 1 aliphatic rings. The zero-order valence-electron chi connectivity index (χ0n) is 9.66.